The van der Waals surface area contributed by atoms with Gasteiger partial charge in [0.1, 0.15) is 23.9 Å². The molecule has 0 radical (unpaired) electrons. The lowest BCUT2D eigenvalue weighted by molar-refractivity contribution is 0.0761. The maximum absolute atomic E-state index is 12.4. The maximum atomic E-state index is 12.4. The highest BCUT2D eigenvalue weighted by Gasteiger charge is 2.26. The minimum atomic E-state index is -1.19. The van der Waals surface area contributed by atoms with Gasteiger partial charge in [-0.3, -0.25) is 4.57 Å². The second-order valence-corrected chi connectivity index (χ2v) is 5.02. The summed E-state index contributed by atoms with van der Waals surface area (Å²) in [6.45, 7) is 3.37. The van der Waals surface area contributed by atoms with Gasteiger partial charge in [0.25, 0.3) is 0 Å². The number of benzene rings is 1. The number of imidazole rings is 1. The normalized spacial score (nSPS) is 14.0. The topological polar surface area (TPSA) is 108 Å². The van der Waals surface area contributed by atoms with E-state index in [1.807, 2.05) is 0 Å². The first-order valence-electron chi connectivity index (χ1n) is 7.13. The van der Waals surface area contributed by atoms with Crippen LogP contribution in [0.25, 0.3) is 11.3 Å². The van der Waals surface area contributed by atoms with Gasteiger partial charge in [-0.15, -0.1) is 0 Å². The van der Waals surface area contributed by atoms with Crippen LogP contribution in [0.4, 0.5) is 0 Å². The Kier molecular flexibility index (Phi) is 4.58. The highest BCUT2D eigenvalue weighted by molar-refractivity contribution is 5.66. The number of nitrogens with zero attached hydrogens (tertiary/aromatic N) is 2. The molecule has 0 aliphatic heterocycles. The fourth-order valence-electron chi connectivity index (χ4n) is 2.32. The smallest absolute Gasteiger partial charge is 0.335 e. The maximum Gasteiger partial charge on any atom is 0.335 e. The molecule has 0 fully saturated rings. The van der Waals surface area contributed by atoms with Gasteiger partial charge in [-0.05, 0) is 37.1 Å². The van der Waals surface area contributed by atoms with Gasteiger partial charge in [0.05, 0.1) is 0 Å². The molecule has 0 aliphatic rings. The van der Waals surface area contributed by atoms with Gasteiger partial charge in [0.2, 0.25) is 5.88 Å². The first-order valence-corrected chi connectivity index (χ1v) is 7.13. The zero-order valence-electron chi connectivity index (χ0n) is 12.5. The van der Waals surface area contributed by atoms with Crippen molar-refractivity contribution >= 4 is 0 Å². The van der Waals surface area contributed by atoms with Crippen LogP contribution in [-0.4, -0.2) is 29.6 Å². The molecule has 2 atom stereocenters. The van der Waals surface area contributed by atoms with Gasteiger partial charge < -0.3 is 20.4 Å². The van der Waals surface area contributed by atoms with Crippen LogP contribution in [0.2, 0.25) is 0 Å². The number of aromatic nitrogens is 2. The Hall–Kier alpha value is -2.25. The summed E-state index contributed by atoms with van der Waals surface area (Å²) < 4.78 is 1.89. The van der Waals surface area contributed by atoms with E-state index in [-0.39, 0.29) is 24.3 Å². The molecule has 7 heteroatoms. The molecule has 0 amide bonds. The second-order valence-electron chi connectivity index (χ2n) is 5.02. The van der Waals surface area contributed by atoms with E-state index in [0.717, 1.165) is 9.13 Å². The molecule has 120 valence electrons. The molecule has 4 N–H and O–H groups in total. The summed E-state index contributed by atoms with van der Waals surface area (Å²) in [5.74, 6) is -0.376. The molecular formula is C15H20N2O5. The highest BCUT2D eigenvalue weighted by Crippen LogP contribution is 2.33. The molecule has 1 heterocycles. The van der Waals surface area contributed by atoms with Crippen LogP contribution in [0.3, 0.4) is 0 Å². The molecular weight excluding hydrogens is 288 g/mol. The number of hydrogen-bond donors (Lipinski definition) is 4. The zero-order valence-corrected chi connectivity index (χ0v) is 12.5. The van der Waals surface area contributed by atoms with Crippen molar-refractivity contribution in [1.29, 1.82) is 0 Å². The van der Waals surface area contributed by atoms with E-state index in [2.05, 4.69) is 0 Å². The third-order valence-corrected chi connectivity index (χ3v) is 3.56. The zero-order chi connectivity index (χ0) is 16.4. The highest BCUT2D eigenvalue weighted by atomic mass is 16.3. The van der Waals surface area contributed by atoms with Crippen LogP contribution < -0.4 is 5.69 Å². The van der Waals surface area contributed by atoms with E-state index in [9.17, 15) is 25.2 Å². The third-order valence-electron chi connectivity index (χ3n) is 3.56. The van der Waals surface area contributed by atoms with E-state index in [1.54, 1.807) is 13.8 Å². The Morgan fingerprint density at radius 3 is 1.95 bits per heavy atom. The van der Waals surface area contributed by atoms with Gasteiger partial charge in [0.15, 0.2) is 0 Å². The lowest BCUT2D eigenvalue weighted by Gasteiger charge is -2.12. The van der Waals surface area contributed by atoms with Gasteiger partial charge in [-0.1, -0.05) is 13.8 Å². The van der Waals surface area contributed by atoms with Crippen LogP contribution in [0.15, 0.2) is 29.1 Å². The van der Waals surface area contributed by atoms with Crippen molar-refractivity contribution in [1.82, 2.24) is 9.13 Å². The van der Waals surface area contributed by atoms with Crippen LogP contribution in [0, 0.1) is 0 Å². The van der Waals surface area contributed by atoms with Crippen molar-refractivity contribution in [2.24, 2.45) is 0 Å². The number of phenols is 1. The van der Waals surface area contributed by atoms with E-state index in [1.165, 1.54) is 24.3 Å². The largest absolute Gasteiger partial charge is 0.508 e. The molecule has 1 aromatic heterocycles. The van der Waals surface area contributed by atoms with Crippen LogP contribution >= 0.6 is 0 Å². The minimum Gasteiger partial charge on any atom is -0.508 e. The average Bonchev–Trinajstić information content (AvgIpc) is 2.77. The summed E-state index contributed by atoms with van der Waals surface area (Å²) in [5, 5.41) is 39.8. The number of aromatic hydroxyl groups is 2. The molecule has 0 saturated carbocycles. The Morgan fingerprint density at radius 2 is 1.45 bits per heavy atom. The first-order chi connectivity index (χ1) is 10.4. The summed E-state index contributed by atoms with van der Waals surface area (Å²) in [5.41, 5.74) is -0.141. The summed E-state index contributed by atoms with van der Waals surface area (Å²) >= 11 is 0. The Bertz CT molecular complexity index is 702. The summed E-state index contributed by atoms with van der Waals surface area (Å²) in [6.07, 6.45) is -1.83. The van der Waals surface area contributed by atoms with E-state index >= 15 is 0 Å². The predicted octanol–water partition coefficient (Wildman–Crippen LogP) is 1.53. The number of hydrogen-bond acceptors (Lipinski definition) is 5. The average molecular weight is 308 g/mol. The lowest BCUT2D eigenvalue weighted by atomic mass is 10.1. The van der Waals surface area contributed by atoms with Crippen molar-refractivity contribution in [3.63, 3.8) is 0 Å². The summed E-state index contributed by atoms with van der Waals surface area (Å²) in [6, 6.07) is 5.86. The molecule has 2 unspecified atom stereocenters. The molecule has 0 aliphatic carbocycles. The van der Waals surface area contributed by atoms with E-state index in [0.29, 0.717) is 5.56 Å². The van der Waals surface area contributed by atoms with Crippen molar-refractivity contribution in [2.45, 2.75) is 39.1 Å². The summed E-state index contributed by atoms with van der Waals surface area (Å²) in [7, 11) is 0. The van der Waals surface area contributed by atoms with E-state index < -0.39 is 24.0 Å². The Labute approximate surface area is 127 Å². The van der Waals surface area contributed by atoms with Crippen LogP contribution in [-0.2, 0) is 0 Å². The number of aliphatic hydroxyl groups is 2. The molecule has 0 bridgehead atoms. The summed E-state index contributed by atoms with van der Waals surface area (Å²) in [4.78, 5) is 12.4. The molecule has 7 nitrogen and oxygen atoms in total. The number of aliphatic hydroxyl groups excluding tert-OH is 2. The van der Waals surface area contributed by atoms with E-state index in [4.69, 9.17) is 0 Å². The molecule has 22 heavy (non-hydrogen) atoms. The van der Waals surface area contributed by atoms with Crippen molar-refractivity contribution in [3.05, 3.63) is 34.7 Å². The second kappa shape index (κ2) is 6.25. The molecule has 1 aromatic carbocycles. The van der Waals surface area contributed by atoms with Crippen LogP contribution in [0.1, 0.15) is 39.1 Å². The standard InChI is InChI=1S/C15H20N2O5/c1-3-11(19)16-13(9-5-7-10(18)8-6-9)14(21)17(15(16)22)12(20)4-2/h5-8,11-12,18-21H,3-4H2,1-2H3. The quantitative estimate of drug-likeness (QED) is 0.670. The molecule has 0 spiro atoms. The Morgan fingerprint density at radius 1 is 0.955 bits per heavy atom. The van der Waals surface area contributed by atoms with Crippen LogP contribution in [0.5, 0.6) is 11.6 Å². The lowest BCUT2D eigenvalue weighted by Crippen LogP contribution is -2.29. The van der Waals surface area contributed by atoms with Gasteiger partial charge >= 0.3 is 5.69 Å². The molecule has 2 aromatic rings. The van der Waals surface area contributed by atoms with Crippen molar-refractivity contribution in [2.75, 3.05) is 0 Å². The van der Waals surface area contributed by atoms with Gasteiger partial charge in [0, 0.05) is 5.56 Å². The monoisotopic (exact) mass is 308 g/mol. The van der Waals surface area contributed by atoms with Crippen molar-refractivity contribution in [3.8, 4) is 22.9 Å². The van der Waals surface area contributed by atoms with Gasteiger partial charge in [-0.2, -0.15) is 0 Å². The first kappa shape index (κ1) is 16.1. The predicted molar refractivity (Wildman–Crippen MR) is 80.6 cm³/mol. The molecule has 0 saturated heterocycles. The fourth-order valence-corrected chi connectivity index (χ4v) is 2.32. The number of rotatable bonds is 5. The van der Waals surface area contributed by atoms with Crippen molar-refractivity contribution < 1.29 is 20.4 Å². The third kappa shape index (κ3) is 2.60. The minimum absolute atomic E-state index is 0.0428. The number of phenolic OH excluding ortho intramolecular Hbond substituents is 1. The molecule has 2 rings (SSSR count). The SMILES string of the molecule is CCC(O)n1c(O)c(-c2ccc(O)cc2)n(C(O)CC)c1=O. The fraction of sp³-hybridized carbons (Fsp3) is 0.400. The Balaban J connectivity index is 2.75. The van der Waals surface area contributed by atoms with Gasteiger partial charge in [-0.25, -0.2) is 9.36 Å².